The van der Waals surface area contributed by atoms with Gasteiger partial charge in [0.1, 0.15) is 51.5 Å². The van der Waals surface area contributed by atoms with Gasteiger partial charge in [0.05, 0.1) is 112 Å². The van der Waals surface area contributed by atoms with Crippen LogP contribution < -0.4 is 31.7 Å². The van der Waals surface area contributed by atoms with E-state index in [0.717, 1.165) is 11.1 Å². The highest BCUT2D eigenvalue weighted by molar-refractivity contribution is 6.06. The summed E-state index contributed by atoms with van der Waals surface area (Å²) >= 11 is 0. The summed E-state index contributed by atoms with van der Waals surface area (Å²) in [6.45, 7) is 5.35. The zero-order chi connectivity index (χ0) is 70.0. The monoisotopic (exact) mass is 1350 g/mol. The maximum Gasteiger partial charge on any atom is 0.274 e. The maximum atomic E-state index is 13.2. The second-order valence-electron chi connectivity index (χ2n) is 21.4. The molecule has 30 nitrogen and oxygen atoms in total. The van der Waals surface area contributed by atoms with Crippen molar-refractivity contribution in [2.24, 2.45) is 7.05 Å². The van der Waals surface area contributed by atoms with Crippen LogP contribution in [0, 0.1) is 0 Å². The molecule has 0 aromatic carbocycles. The average Bonchev–Trinajstić information content (AvgIpc) is 1.70. The summed E-state index contributed by atoms with van der Waals surface area (Å²) in [6, 6.07) is 37.2. The van der Waals surface area contributed by atoms with E-state index in [-0.39, 0.29) is 34.8 Å². The molecule has 0 aliphatic heterocycles. The number of nitrogens with two attached hydrogens (primary N) is 1. The second-order valence-corrected chi connectivity index (χ2v) is 21.4. The molecule has 0 radical (unpaired) electrons. The molecule has 0 aliphatic carbocycles. The predicted molar refractivity (Wildman–Crippen MR) is 372 cm³/mol. The molecule has 12 heterocycles. The minimum Gasteiger partial charge on any atom is -0.481 e. The largest absolute Gasteiger partial charge is 0.481 e. The molecule has 12 aromatic rings. The summed E-state index contributed by atoms with van der Waals surface area (Å²) < 4.78 is 31.2. The smallest absolute Gasteiger partial charge is 0.274 e. The number of ether oxygens (including phenoxy) is 5. The van der Waals surface area contributed by atoms with Crippen molar-refractivity contribution < 1.29 is 42.9 Å². The van der Waals surface area contributed by atoms with Gasteiger partial charge in [-0.1, -0.05) is 30.3 Å². The summed E-state index contributed by atoms with van der Waals surface area (Å²) in [5.41, 5.74) is 15.6. The van der Waals surface area contributed by atoms with Crippen molar-refractivity contribution in [1.82, 2.24) is 79.2 Å². The number of hydrogen-bond donors (Lipinski definition) is 5. The van der Waals surface area contributed by atoms with Gasteiger partial charge >= 0.3 is 0 Å². The molecule has 0 aliphatic rings. The summed E-state index contributed by atoms with van der Waals surface area (Å²) in [4.78, 5) is 93.2. The molecule has 0 atom stereocenters. The third kappa shape index (κ3) is 19.7. The first-order valence-corrected chi connectivity index (χ1v) is 31.0. The summed E-state index contributed by atoms with van der Waals surface area (Å²) in [5.74, 6) is 0.0170. The molecule has 508 valence electrons. The first-order chi connectivity index (χ1) is 48.8. The van der Waals surface area contributed by atoms with Gasteiger partial charge in [0.15, 0.2) is 0 Å². The molecular formula is C70H69N21O9. The minimum atomic E-state index is -0.391. The zero-order valence-electron chi connectivity index (χ0n) is 55.0. The lowest BCUT2D eigenvalue weighted by Gasteiger charge is -2.07. The molecule has 100 heavy (non-hydrogen) atoms. The fourth-order valence-electron chi connectivity index (χ4n) is 9.40. The average molecular weight is 1350 g/mol. The van der Waals surface area contributed by atoms with Crippen molar-refractivity contribution in [3.8, 4) is 73.8 Å². The Balaban J connectivity index is 0.000000163. The van der Waals surface area contributed by atoms with Crippen LogP contribution in [0.3, 0.4) is 0 Å². The van der Waals surface area contributed by atoms with Gasteiger partial charge in [0.25, 0.3) is 17.7 Å². The number of nitrogens with zero attached hydrogens (tertiary/aromatic N) is 16. The lowest BCUT2D eigenvalue weighted by Crippen LogP contribution is -2.14. The highest BCUT2D eigenvalue weighted by Gasteiger charge is 2.21. The van der Waals surface area contributed by atoms with E-state index in [1.54, 1.807) is 183 Å². The van der Waals surface area contributed by atoms with Crippen molar-refractivity contribution in [3.63, 3.8) is 0 Å². The number of pyridine rings is 8. The van der Waals surface area contributed by atoms with Crippen LogP contribution in [0.2, 0.25) is 0 Å². The summed E-state index contributed by atoms with van der Waals surface area (Å²) in [5, 5.41) is 24.9. The van der Waals surface area contributed by atoms with Crippen LogP contribution in [0.1, 0.15) is 38.4 Å². The minimum absolute atomic E-state index is 0.205. The Morgan fingerprint density at radius 3 is 1.40 bits per heavy atom. The normalized spacial score (nSPS) is 10.7. The van der Waals surface area contributed by atoms with Crippen molar-refractivity contribution in [2.45, 2.75) is 20.0 Å². The Morgan fingerprint density at radius 2 is 0.940 bits per heavy atom. The Labute approximate surface area is 573 Å². The Morgan fingerprint density at radius 1 is 0.440 bits per heavy atom. The van der Waals surface area contributed by atoms with Crippen molar-refractivity contribution in [2.75, 3.05) is 88.0 Å². The van der Waals surface area contributed by atoms with Crippen LogP contribution in [-0.4, -0.2) is 164 Å². The number of anilines is 5. The van der Waals surface area contributed by atoms with Crippen LogP contribution >= 0.6 is 0 Å². The number of aryl methyl sites for hydroxylation is 1. The number of methoxy groups -OCH3 is 3. The number of nitrogens with one attached hydrogen (secondary N) is 4. The van der Waals surface area contributed by atoms with Gasteiger partial charge < -0.3 is 50.7 Å². The quantitative estimate of drug-likeness (QED) is 0.0316. The number of carbonyl (C=O) groups is 4. The van der Waals surface area contributed by atoms with Crippen LogP contribution in [0.15, 0.2) is 196 Å². The van der Waals surface area contributed by atoms with Crippen LogP contribution in [0.4, 0.5) is 28.7 Å². The van der Waals surface area contributed by atoms with Gasteiger partial charge in [-0.05, 0) is 91.0 Å². The topological polar surface area (TPSA) is 371 Å². The SMILES string of the molecule is COCCOCCn1cc(NC(=O)c2cccc(-c3ccc(N)nc3)n2)c(-c2ccccn2)n1.COCCOCCn1cc(NC(=O)c2cccc(-c3ccc(NC(C)=O)nc3)n2)c(-c2ccccn2)n1.COc1cc(-c2cccc(C(=O)Nc3cn(C)nc3-c3cnccn3)n2)ccn1. The fraction of sp³-hybridized carbons (Fsp3) is 0.186. The van der Waals surface area contributed by atoms with Gasteiger partial charge in [-0.3, -0.25) is 53.2 Å². The molecule has 0 saturated carbocycles. The molecule has 6 N–H and O–H groups in total. The van der Waals surface area contributed by atoms with Crippen molar-refractivity contribution in [3.05, 3.63) is 213 Å². The predicted octanol–water partition coefficient (Wildman–Crippen LogP) is 8.77. The van der Waals surface area contributed by atoms with Crippen molar-refractivity contribution >= 4 is 52.3 Å². The third-order valence-corrected chi connectivity index (χ3v) is 14.1. The number of hydrogen-bond acceptors (Lipinski definition) is 23. The molecule has 4 amide bonds. The van der Waals surface area contributed by atoms with Crippen molar-refractivity contribution in [1.29, 1.82) is 0 Å². The number of rotatable bonds is 26. The summed E-state index contributed by atoms with van der Waals surface area (Å²) in [7, 11) is 6.57. The van der Waals surface area contributed by atoms with Gasteiger partial charge in [-0.15, -0.1) is 0 Å². The zero-order valence-corrected chi connectivity index (χ0v) is 55.0. The first-order valence-electron chi connectivity index (χ1n) is 31.0. The van der Waals surface area contributed by atoms with E-state index in [1.165, 1.54) is 6.92 Å². The highest BCUT2D eigenvalue weighted by Crippen LogP contribution is 2.29. The molecule has 12 aromatic heterocycles. The molecule has 12 rings (SSSR count). The fourth-order valence-corrected chi connectivity index (χ4v) is 9.40. The second kappa shape index (κ2) is 35.3. The van der Waals surface area contributed by atoms with E-state index in [1.807, 2.05) is 54.6 Å². The molecule has 0 spiro atoms. The lowest BCUT2D eigenvalue weighted by molar-refractivity contribution is -0.114. The maximum absolute atomic E-state index is 13.2. The van der Waals surface area contributed by atoms with Gasteiger partial charge in [0.2, 0.25) is 11.8 Å². The number of carbonyl (C=O) groups excluding carboxylic acids is 4. The van der Waals surface area contributed by atoms with Gasteiger partial charge in [0, 0.05) is 113 Å². The molecule has 0 fully saturated rings. The molecular weight excluding hydrogens is 1280 g/mol. The van der Waals surface area contributed by atoms with E-state index < -0.39 is 5.91 Å². The van der Waals surface area contributed by atoms with E-state index in [2.05, 4.69) is 86.4 Å². The van der Waals surface area contributed by atoms with Gasteiger partial charge in [-0.2, -0.15) is 15.3 Å². The Hall–Kier alpha value is -12.8. The summed E-state index contributed by atoms with van der Waals surface area (Å²) in [6.07, 6.45) is 18.1. The van der Waals surface area contributed by atoms with E-state index >= 15 is 0 Å². The lowest BCUT2D eigenvalue weighted by atomic mass is 10.1. The van der Waals surface area contributed by atoms with Crippen LogP contribution in [-0.2, 0) is 43.9 Å². The number of amides is 4. The number of nitrogen functional groups attached to an aromatic ring is 1. The Kier molecular flexibility index (Phi) is 24.7. The third-order valence-electron chi connectivity index (χ3n) is 14.1. The van der Waals surface area contributed by atoms with E-state index in [9.17, 15) is 19.2 Å². The molecule has 0 bridgehead atoms. The number of aromatic nitrogens is 16. The molecule has 0 saturated heterocycles. The van der Waals surface area contributed by atoms with E-state index in [0.29, 0.717) is 144 Å². The van der Waals surface area contributed by atoms with E-state index in [4.69, 9.17) is 29.4 Å². The first kappa shape index (κ1) is 70.0. The Bertz CT molecular complexity index is 4660. The standard InChI is InChI=1S/C26H27N7O4.C24H25N7O3.C20H17N7O2/c1-18(34)29-24-10-9-19(16-28-24)20-7-5-8-22(30-20)26(35)31-23-17-33(12-13-37-15-14-36-2)32-25(23)21-6-3-4-11-27-21;1-33-13-14-34-12-11-31-16-21(23(30-31)19-5-2-3-10-26-19)29-24(32)20-7-4-6-18(28-20)17-8-9-22(25)27-15-17;1-27-12-17(19(26-27)16-11-21-8-9-22-16)25-20(28)15-5-3-4-14(24-15)13-6-7-23-18(10-13)29-2/h3-11,16-17H,12-15H2,1-2H3,(H,31,35)(H,28,29,34);2-10,15-16H,11-14H2,1H3,(H2,25,27)(H,29,32);3-12H,1-2H3,(H,25,28). The van der Waals surface area contributed by atoms with Gasteiger partial charge in [-0.25, -0.2) is 29.9 Å². The highest BCUT2D eigenvalue weighted by atomic mass is 16.5. The van der Waals surface area contributed by atoms with Crippen LogP contribution in [0.5, 0.6) is 5.88 Å². The molecule has 30 heteroatoms. The van der Waals surface area contributed by atoms with Crippen LogP contribution in [0.25, 0.3) is 67.9 Å². The molecule has 0 unspecified atom stereocenters.